The van der Waals surface area contributed by atoms with E-state index in [-0.39, 0.29) is 31.1 Å². The van der Waals surface area contributed by atoms with Gasteiger partial charge in [-0.2, -0.15) is 0 Å². The molecule has 0 fully saturated rings. The average Bonchev–Trinajstić information content (AvgIpc) is 2.94. The Morgan fingerprint density at radius 1 is 0.475 bits per heavy atom. The van der Waals surface area contributed by atoms with Crippen LogP contribution in [0.3, 0.4) is 0 Å². The van der Waals surface area contributed by atoms with E-state index < -0.39 is 12.1 Å². The molecular formula is C34H65NO5. The lowest BCUT2D eigenvalue weighted by molar-refractivity contribution is -0.165. The summed E-state index contributed by atoms with van der Waals surface area (Å²) < 4.78 is 11.0. The normalized spacial score (nSPS) is 12.6. The van der Waals surface area contributed by atoms with E-state index in [0.717, 1.165) is 57.8 Å². The van der Waals surface area contributed by atoms with E-state index in [0.29, 0.717) is 19.3 Å². The third-order valence-corrected chi connectivity index (χ3v) is 7.73. The van der Waals surface area contributed by atoms with Gasteiger partial charge in [0.2, 0.25) is 5.91 Å². The summed E-state index contributed by atoms with van der Waals surface area (Å²) in [6.07, 6.45) is 22.3. The van der Waals surface area contributed by atoms with Gasteiger partial charge in [-0.05, 0) is 33.1 Å². The van der Waals surface area contributed by atoms with Crippen molar-refractivity contribution in [2.75, 3.05) is 13.2 Å². The Bertz CT molecular complexity index is 585. The van der Waals surface area contributed by atoms with Gasteiger partial charge in [0.1, 0.15) is 12.1 Å². The molecule has 0 aromatic heterocycles. The summed E-state index contributed by atoms with van der Waals surface area (Å²) in [5.74, 6) is -0.885. The minimum absolute atomic E-state index is 0.110. The Hall–Kier alpha value is -1.59. The van der Waals surface area contributed by atoms with E-state index in [4.69, 9.17) is 9.47 Å². The number of nitrogens with zero attached hydrogens (tertiary/aromatic N) is 1. The highest BCUT2D eigenvalue weighted by molar-refractivity contribution is 5.89. The molecular weight excluding hydrogens is 502 g/mol. The molecule has 0 aromatic rings. The van der Waals surface area contributed by atoms with E-state index in [1.807, 2.05) is 0 Å². The fourth-order valence-electron chi connectivity index (χ4n) is 5.38. The predicted octanol–water partition coefficient (Wildman–Crippen LogP) is 9.32. The van der Waals surface area contributed by atoms with Crippen molar-refractivity contribution in [3.8, 4) is 0 Å². The van der Waals surface area contributed by atoms with Crippen LogP contribution in [0.5, 0.6) is 0 Å². The molecule has 0 bridgehead atoms. The third-order valence-electron chi connectivity index (χ3n) is 7.73. The van der Waals surface area contributed by atoms with Gasteiger partial charge in [0.25, 0.3) is 0 Å². The van der Waals surface area contributed by atoms with Crippen LogP contribution >= 0.6 is 0 Å². The fourth-order valence-corrected chi connectivity index (χ4v) is 5.38. The molecule has 2 atom stereocenters. The Morgan fingerprint density at radius 2 is 0.800 bits per heavy atom. The molecule has 0 saturated carbocycles. The smallest absolute Gasteiger partial charge is 0.328 e. The summed E-state index contributed by atoms with van der Waals surface area (Å²) >= 11 is 0. The van der Waals surface area contributed by atoms with Crippen molar-refractivity contribution in [1.29, 1.82) is 0 Å². The molecule has 0 radical (unpaired) electrons. The maximum Gasteiger partial charge on any atom is 0.328 e. The Morgan fingerprint density at radius 3 is 1.15 bits per heavy atom. The first-order chi connectivity index (χ1) is 19.5. The van der Waals surface area contributed by atoms with Crippen molar-refractivity contribution in [2.24, 2.45) is 0 Å². The molecule has 0 aromatic carbocycles. The lowest BCUT2D eigenvalue weighted by Crippen LogP contribution is -2.54. The molecule has 2 unspecified atom stereocenters. The van der Waals surface area contributed by atoms with Crippen LogP contribution in [0.4, 0.5) is 0 Å². The van der Waals surface area contributed by atoms with Gasteiger partial charge in [-0.3, -0.25) is 4.79 Å². The monoisotopic (exact) mass is 567 g/mol. The number of hydrogen-bond donors (Lipinski definition) is 0. The zero-order valence-corrected chi connectivity index (χ0v) is 27.1. The summed E-state index contributed by atoms with van der Waals surface area (Å²) in [5.41, 5.74) is 0. The first-order valence-electron chi connectivity index (χ1n) is 17.1. The van der Waals surface area contributed by atoms with Gasteiger partial charge in [-0.15, -0.1) is 0 Å². The summed E-state index contributed by atoms with van der Waals surface area (Å²) in [5, 5.41) is 0. The maximum absolute atomic E-state index is 13.8. The quantitative estimate of drug-likeness (QED) is 0.0695. The summed E-state index contributed by atoms with van der Waals surface area (Å²) in [7, 11) is 0. The first-order valence-corrected chi connectivity index (χ1v) is 17.1. The number of ether oxygens (including phenoxy) is 2. The molecule has 236 valence electrons. The van der Waals surface area contributed by atoms with Crippen LogP contribution < -0.4 is 0 Å². The Kier molecular flexibility index (Phi) is 26.5. The molecule has 0 saturated heterocycles. The minimum atomic E-state index is -0.738. The number of unbranched alkanes of at least 4 members (excludes halogenated alkanes) is 16. The second-order valence-corrected chi connectivity index (χ2v) is 11.3. The van der Waals surface area contributed by atoms with Crippen molar-refractivity contribution in [3.05, 3.63) is 0 Å². The highest BCUT2D eigenvalue weighted by atomic mass is 16.5. The number of carbonyl (C=O) groups excluding carboxylic acids is 3. The van der Waals surface area contributed by atoms with Crippen molar-refractivity contribution >= 4 is 17.8 Å². The Balaban J connectivity index is 5.74. The predicted molar refractivity (Wildman–Crippen MR) is 166 cm³/mol. The van der Waals surface area contributed by atoms with Crippen molar-refractivity contribution < 1.29 is 23.9 Å². The SMILES string of the molecule is CCCCCCCCCC(=O)N(C(CCCCCCCC)C(=O)OCC)C(CCCCCCCC)C(=O)OCC. The van der Waals surface area contributed by atoms with Crippen LogP contribution in [0.25, 0.3) is 0 Å². The van der Waals surface area contributed by atoms with Gasteiger partial charge in [0.15, 0.2) is 0 Å². The molecule has 6 nitrogen and oxygen atoms in total. The van der Waals surface area contributed by atoms with E-state index in [2.05, 4.69) is 20.8 Å². The van der Waals surface area contributed by atoms with Crippen molar-refractivity contribution in [3.63, 3.8) is 0 Å². The van der Waals surface area contributed by atoms with Gasteiger partial charge >= 0.3 is 11.9 Å². The highest BCUT2D eigenvalue weighted by Crippen LogP contribution is 2.24. The van der Waals surface area contributed by atoms with Crippen LogP contribution in [-0.2, 0) is 23.9 Å². The molecule has 1 amide bonds. The van der Waals surface area contributed by atoms with Gasteiger partial charge in [-0.1, -0.05) is 136 Å². The van der Waals surface area contributed by atoms with Crippen LogP contribution in [0.2, 0.25) is 0 Å². The van der Waals surface area contributed by atoms with E-state index in [9.17, 15) is 14.4 Å². The van der Waals surface area contributed by atoms with E-state index in [1.165, 1.54) is 64.2 Å². The zero-order chi connectivity index (χ0) is 29.8. The van der Waals surface area contributed by atoms with Gasteiger partial charge in [0.05, 0.1) is 13.2 Å². The van der Waals surface area contributed by atoms with E-state index >= 15 is 0 Å². The molecule has 0 spiro atoms. The standard InChI is InChI=1S/C34H65NO5/c1-6-11-14-17-20-23-26-29-32(36)35(30(33(37)39-9-4)27-24-21-18-15-12-7-2)31(34(38)40-10-5)28-25-22-19-16-13-8-3/h30-31H,6-29H2,1-5H3. The van der Waals surface area contributed by atoms with Gasteiger partial charge < -0.3 is 14.4 Å². The summed E-state index contributed by atoms with van der Waals surface area (Å²) in [6.45, 7) is 10.7. The summed E-state index contributed by atoms with van der Waals surface area (Å²) in [6, 6.07) is -1.48. The fraction of sp³-hybridized carbons (Fsp3) is 0.912. The second kappa shape index (κ2) is 27.6. The second-order valence-electron chi connectivity index (χ2n) is 11.3. The number of amides is 1. The minimum Gasteiger partial charge on any atom is -0.464 e. The highest BCUT2D eigenvalue weighted by Gasteiger charge is 2.39. The van der Waals surface area contributed by atoms with Crippen LogP contribution in [0, 0.1) is 0 Å². The Labute approximate surface area is 247 Å². The number of hydrogen-bond acceptors (Lipinski definition) is 5. The summed E-state index contributed by atoms with van der Waals surface area (Å²) in [4.78, 5) is 42.0. The largest absolute Gasteiger partial charge is 0.464 e. The molecule has 0 aliphatic rings. The number of carbonyl (C=O) groups is 3. The van der Waals surface area contributed by atoms with Gasteiger partial charge in [0, 0.05) is 6.42 Å². The lowest BCUT2D eigenvalue weighted by atomic mass is 9.98. The molecule has 0 heterocycles. The topological polar surface area (TPSA) is 72.9 Å². The number of esters is 2. The average molecular weight is 568 g/mol. The number of rotatable bonds is 28. The molecule has 40 heavy (non-hydrogen) atoms. The molecule has 0 N–H and O–H groups in total. The van der Waals surface area contributed by atoms with Crippen molar-refractivity contribution in [1.82, 2.24) is 4.90 Å². The molecule has 0 aliphatic carbocycles. The van der Waals surface area contributed by atoms with Crippen LogP contribution in [0.15, 0.2) is 0 Å². The maximum atomic E-state index is 13.8. The van der Waals surface area contributed by atoms with E-state index in [1.54, 1.807) is 18.7 Å². The first kappa shape index (κ1) is 38.4. The third kappa shape index (κ3) is 18.7. The van der Waals surface area contributed by atoms with Crippen molar-refractivity contribution in [2.45, 2.75) is 188 Å². The van der Waals surface area contributed by atoms with Gasteiger partial charge in [-0.25, -0.2) is 9.59 Å². The lowest BCUT2D eigenvalue weighted by Gasteiger charge is -2.36. The molecule has 0 aliphatic heterocycles. The molecule has 6 heteroatoms. The zero-order valence-electron chi connectivity index (χ0n) is 27.1. The van der Waals surface area contributed by atoms with Crippen LogP contribution in [-0.4, -0.2) is 48.0 Å². The van der Waals surface area contributed by atoms with Crippen LogP contribution in [0.1, 0.15) is 176 Å². The molecule has 0 rings (SSSR count).